The van der Waals surface area contributed by atoms with Crippen molar-refractivity contribution < 1.29 is 0 Å². The molecule has 0 aliphatic heterocycles. The lowest BCUT2D eigenvalue weighted by atomic mass is 9.85. The van der Waals surface area contributed by atoms with Gasteiger partial charge in [0.25, 0.3) is 0 Å². The summed E-state index contributed by atoms with van der Waals surface area (Å²) in [6, 6.07) is 0.615. The summed E-state index contributed by atoms with van der Waals surface area (Å²) in [5.41, 5.74) is 0. The second-order valence-corrected chi connectivity index (χ2v) is 5.82. The van der Waals surface area contributed by atoms with Crippen LogP contribution in [0.1, 0.15) is 47.0 Å². The van der Waals surface area contributed by atoms with Gasteiger partial charge in [-0.1, -0.05) is 34.1 Å². The summed E-state index contributed by atoms with van der Waals surface area (Å²) in [6.07, 6.45) is 4.40. The van der Waals surface area contributed by atoms with E-state index in [-0.39, 0.29) is 0 Å². The molecular weight excluding hydrogens is 196 g/mol. The van der Waals surface area contributed by atoms with E-state index in [4.69, 9.17) is 0 Å². The molecule has 96 valence electrons. The molecule has 1 unspecified atom stereocenters. The maximum atomic E-state index is 3.53. The Kier molecular flexibility index (Phi) is 6.37. The highest BCUT2D eigenvalue weighted by atomic mass is 15.1. The first-order chi connectivity index (χ1) is 7.61. The molecule has 0 bridgehead atoms. The van der Waals surface area contributed by atoms with Crippen molar-refractivity contribution in [3.05, 3.63) is 0 Å². The Morgan fingerprint density at radius 2 is 1.94 bits per heavy atom. The Balaban J connectivity index is 2.14. The van der Waals surface area contributed by atoms with Gasteiger partial charge < -0.3 is 10.2 Å². The topological polar surface area (TPSA) is 15.3 Å². The van der Waals surface area contributed by atoms with Crippen molar-refractivity contribution in [2.45, 2.75) is 53.0 Å². The molecule has 0 aromatic carbocycles. The van der Waals surface area contributed by atoms with Crippen molar-refractivity contribution in [1.82, 2.24) is 10.2 Å². The SMILES string of the molecule is CCN(CC(C)CNC(C)C)CC1CCC1. The first-order valence-corrected chi connectivity index (χ1v) is 7.07. The molecule has 0 amide bonds. The van der Waals surface area contributed by atoms with Crippen LogP contribution in [0.25, 0.3) is 0 Å². The summed E-state index contributed by atoms with van der Waals surface area (Å²) in [5.74, 6) is 1.77. The van der Waals surface area contributed by atoms with Crippen molar-refractivity contribution >= 4 is 0 Å². The summed E-state index contributed by atoms with van der Waals surface area (Å²) < 4.78 is 0. The molecule has 0 saturated heterocycles. The van der Waals surface area contributed by atoms with Gasteiger partial charge in [0.05, 0.1) is 0 Å². The van der Waals surface area contributed by atoms with Gasteiger partial charge in [-0.05, 0) is 37.8 Å². The van der Waals surface area contributed by atoms with Crippen LogP contribution in [-0.2, 0) is 0 Å². The molecule has 0 heterocycles. The zero-order valence-corrected chi connectivity index (χ0v) is 11.6. The fourth-order valence-electron chi connectivity index (χ4n) is 2.32. The first kappa shape index (κ1) is 14.0. The first-order valence-electron chi connectivity index (χ1n) is 7.07. The highest BCUT2D eigenvalue weighted by Crippen LogP contribution is 2.27. The van der Waals surface area contributed by atoms with Crippen molar-refractivity contribution in [2.75, 3.05) is 26.2 Å². The smallest absolute Gasteiger partial charge is 0.00191 e. The van der Waals surface area contributed by atoms with Crippen LogP contribution in [0.2, 0.25) is 0 Å². The zero-order chi connectivity index (χ0) is 12.0. The van der Waals surface area contributed by atoms with E-state index < -0.39 is 0 Å². The fraction of sp³-hybridized carbons (Fsp3) is 1.00. The van der Waals surface area contributed by atoms with E-state index in [0.717, 1.165) is 18.4 Å². The predicted molar refractivity (Wildman–Crippen MR) is 71.8 cm³/mol. The Hall–Kier alpha value is -0.0800. The third kappa shape index (κ3) is 5.31. The number of nitrogens with one attached hydrogen (secondary N) is 1. The molecule has 1 saturated carbocycles. The highest BCUT2D eigenvalue weighted by molar-refractivity contribution is 4.75. The Morgan fingerprint density at radius 3 is 2.38 bits per heavy atom. The fourth-order valence-corrected chi connectivity index (χ4v) is 2.32. The zero-order valence-electron chi connectivity index (χ0n) is 11.6. The van der Waals surface area contributed by atoms with Gasteiger partial charge in [0.15, 0.2) is 0 Å². The average molecular weight is 226 g/mol. The quantitative estimate of drug-likeness (QED) is 0.684. The van der Waals surface area contributed by atoms with E-state index in [0.29, 0.717) is 6.04 Å². The monoisotopic (exact) mass is 226 g/mol. The molecule has 0 aromatic rings. The molecule has 2 heteroatoms. The second-order valence-electron chi connectivity index (χ2n) is 5.82. The Bertz CT molecular complexity index is 176. The van der Waals surface area contributed by atoms with Crippen LogP contribution in [-0.4, -0.2) is 37.1 Å². The molecule has 1 fully saturated rings. The molecule has 0 aromatic heterocycles. The van der Waals surface area contributed by atoms with Crippen molar-refractivity contribution in [1.29, 1.82) is 0 Å². The maximum Gasteiger partial charge on any atom is 0.00191 e. The minimum Gasteiger partial charge on any atom is -0.314 e. The van der Waals surface area contributed by atoms with Crippen LogP contribution in [0.5, 0.6) is 0 Å². The van der Waals surface area contributed by atoms with Crippen LogP contribution in [0.15, 0.2) is 0 Å². The third-order valence-electron chi connectivity index (χ3n) is 3.63. The molecule has 1 aliphatic rings. The molecule has 0 radical (unpaired) electrons. The van der Waals surface area contributed by atoms with E-state index >= 15 is 0 Å². The minimum absolute atomic E-state index is 0.615. The highest BCUT2D eigenvalue weighted by Gasteiger charge is 2.20. The van der Waals surface area contributed by atoms with E-state index in [9.17, 15) is 0 Å². The van der Waals surface area contributed by atoms with Gasteiger partial charge in [0.2, 0.25) is 0 Å². The maximum absolute atomic E-state index is 3.53. The van der Waals surface area contributed by atoms with Crippen molar-refractivity contribution in [3.63, 3.8) is 0 Å². The van der Waals surface area contributed by atoms with E-state index in [1.165, 1.54) is 38.9 Å². The van der Waals surface area contributed by atoms with Crippen LogP contribution >= 0.6 is 0 Å². The molecule has 0 spiro atoms. The van der Waals surface area contributed by atoms with Crippen LogP contribution in [0, 0.1) is 11.8 Å². The average Bonchev–Trinajstić information content (AvgIpc) is 2.18. The lowest BCUT2D eigenvalue weighted by molar-refractivity contribution is 0.165. The van der Waals surface area contributed by atoms with E-state index in [1.807, 2.05) is 0 Å². The van der Waals surface area contributed by atoms with Gasteiger partial charge in [-0.2, -0.15) is 0 Å². The molecule has 16 heavy (non-hydrogen) atoms. The molecule has 1 aliphatic carbocycles. The van der Waals surface area contributed by atoms with Gasteiger partial charge in [-0.25, -0.2) is 0 Å². The number of hydrogen-bond donors (Lipinski definition) is 1. The number of nitrogens with zero attached hydrogens (tertiary/aromatic N) is 1. The van der Waals surface area contributed by atoms with Gasteiger partial charge in [0.1, 0.15) is 0 Å². The summed E-state index contributed by atoms with van der Waals surface area (Å²) in [5, 5.41) is 3.53. The molecule has 1 atom stereocenters. The van der Waals surface area contributed by atoms with Crippen molar-refractivity contribution in [2.24, 2.45) is 11.8 Å². The second kappa shape index (κ2) is 7.29. The lowest BCUT2D eigenvalue weighted by Crippen LogP contribution is -2.38. The summed E-state index contributed by atoms with van der Waals surface area (Å²) in [6.45, 7) is 14.0. The Morgan fingerprint density at radius 1 is 1.25 bits per heavy atom. The summed E-state index contributed by atoms with van der Waals surface area (Å²) in [7, 11) is 0. The van der Waals surface area contributed by atoms with E-state index in [2.05, 4.69) is 37.9 Å². The molecule has 1 rings (SSSR count). The van der Waals surface area contributed by atoms with Crippen LogP contribution in [0.3, 0.4) is 0 Å². The van der Waals surface area contributed by atoms with Crippen molar-refractivity contribution in [3.8, 4) is 0 Å². The number of hydrogen-bond acceptors (Lipinski definition) is 2. The summed E-state index contributed by atoms with van der Waals surface area (Å²) >= 11 is 0. The van der Waals surface area contributed by atoms with Gasteiger partial charge in [0, 0.05) is 19.1 Å². The predicted octanol–water partition coefficient (Wildman–Crippen LogP) is 2.74. The van der Waals surface area contributed by atoms with Crippen LogP contribution in [0.4, 0.5) is 0 Å². The molecule has 2 nitrogen and oxygen atoms in total. The van der Waals surface area contributed by atoms with Gasteiger partial charge >= 0.3 is 0 Å². The van der Waals surface area contributed by atoms with Crippen LogP contribution < -0.4 is 5.32 Å². The largest absolute Gasteiger partial charge is 0.314 e. The standard InChI is InChI=1S/C14H30N2/c1-5-16(11-14-7-6-8-14)10-13(4)9-15-12(2)3/h12-15H,5-11H2,1-4H3. The van der Waals surface area contributed by atoms with Gasteiger partial charge in [-0.3, -0.25) is 0 Å². The van der Waals surface area contributed by atoms with E-state index in [1.54, 1.807) is 0 Å². The normalized spacial score (nSPS) is 19.1. The minimum atomic E-state index is 0.615. The number of rotatable bonds is 8. The Labute approximate surface area is 102 Å². The molecule has 1 N–H and O–H groups in total. The van der Waals surface area contributed by atoms with Gasteiger partial charge in [-0.15, -0.1) is 0 Å². The molecular formula is C14H30N2. The lowest BCUT2D eigenvalue weighted by Gasteiger charge is -2.33. The summed E-state index contributed by atoms with van der Waals surface area (Å²) in [4.78, 5) is 2.64. The third-order valence-corrected chi connectivity index (χ3v) is 3.63.